The maximum Gasteiger partial charge on any atom is 0.235 e. The lowest BCUT2D eigenvalue weighted by Gasteiger charge is -2.33. The molecule has 0 radical (unpaired) electrons. The van der Waals surface area contributed by atoms with Crippen molar-refractivity contribution < 1.29 is 9.18 Å². The van der Waals surface area contributed by atoms with Gasteiger partial charge in [-0.1, -0.05) is 54.2 Å². The number of hydrogen-bond donors (Lipinski definition) is 1. The molecule has 4 rings (SSSR count). The van der Waals surface area contributed by atoms with E-state index in [1.807, 2.05) is 17.9 Å². The summed E-state index contributed by atoms with van der Waals surface area (Å²) >= 11 is 1.25. The number of carbonyl (C=O) groups excluding carboxylic acids is 1. The van der Waals surface area contributed by atoms with Crippen molar-refractivity contribution in [3.05, 3.63) is 66.0 Å². The summed E-state index contributed by atoms with van der Waals surface area (Å²) in [6.07, 6.45) is 3.06. The van der Waals surface area contributed by atoms with Crippen LogP contribution in [-0.4, -0.2) is 44.0 Å². The SMILES string of the molecule is CC(Sc1nnc(-c2ccccc2F)n1N)C(=O)N1CCC(Cc2ccccc2)CC1. The van der Waals surface area contributed by atoms with E-state index in [4.69, 9.17) is 5.84 Å². The molecule has 1 fully saturated rings. The number of carbonyl (C=O) groups is 1. The number of likely N-dealkylation sites (tertiary alicyclic amines) is 1. The first-order chi connectivity index (χ1) is 15.0. The lowest BCUT2D eigenvalue weighted by atomic mass is 9.90. The fraction of sp³-hybridized carbons (Fsp3) is 0.348. The molecule has 2 heterocycles. The first kappa shape index (κ1) is 21.4. The second kappa shape index (κ2) is 9.51. The molecule has 1 amide bonds. The number of thioether (sulfide) groups is 1. The van der Waals surface area contributed by atoms with E-state index in [-0.39, 0.29) is 22.5 Å². The summed E-state index contributed by atoms with van der Waals surface area (Å²) in [6, 6.07) is 16.8. The van der Waals surface area contributed by atoms with Gasteiger partial charge in [-0.05, 0) is 49.8 Å². The molecule has 3 aromatic rings. The average molecular weight is 440 g/mol. The highest BCUT2D eigenvalue weighted by Gasteiger charge is 2.28. The number of benzene rings is 2. The van der Waals surface area contributed by atoms with Crippen LogP contribution in [0.5, 0.6) is 0 Å². The summed E-state index contributed by atoms with van der Waals surface area (Å²) in [6.45, 7) is 3.37. The van der Waals surface area contributed by atoms with E-state index < -0.39 is 5.82 Å². The predicted molar refractivity (Wildman–Crippen MR) is 120 cm³/mol. The summed E-state index contributed by atoms with van der Waals surface area (Å²) in [5.74, 6) is 6.59. The fourth-order valence-corrected chi connectivity index (χ4v) is 4.81. The van der Waals surface area contributed by atoms with Gasteiger partial charge in [0.15, 0.2) is 5.82 Å². The topological polar surface area (TPSA) is 77.0 Å². The molecule has 2 aromatic carbocycles. The standard InChI is InChI=1S/C23H26FN5OS/c1-16(31-23-27-26-21(29(23)25)19-9-5-6-10-20(19)24)22(30)28-13-11-18(12-14-28)15-17-7-3-2-4-8-17/h2-10,16,18H,11-15,25H2,1H3. The van der Waals surface area contributed by atoms with Gasteiger partial charge in [0.25, 0.3) is 0 Å². The number of aromatic nitrogens is 3. The molecule has 0 aliphatic carbocycles. The summed E-state index contributed by atoms with van der Waals surface area (Å²) in [4.78, 5) is 14.9. The molecule has 1 aliphatic heterocycles. The third kappa shape index (κ3) is 4.90. The van der Waals surface area contributed by atoms with Gasteiger partial charge in [0.2, 0.25) is 11.1 Å². The number of halogens is 1. The Morgan fingerprint density at radius 1 is 1.13 bits per heavy atom. The number of nitrogens with two attached hydrogens (primary N) is 1. The summed E-state index contributed by atoms with van der Waals surface area (Å²) < 4.78 is 15.3. The van der Waals surface area contributed by atoms with E-state index >= 15 is 0 Å². The van der Waals surface area contributed by atoms with Gasteiger partial charge in [-0.3, -0.25) is 4.79 Å². The van der Waals surface area contributed by atoms with E-state index in [2.05, 4.69) is 34.5 Å². The van der Waals surface area contributed by atoms with Gasteiger partial charge in [-0.2, -0.15) is 0 Å². The Kier molecular flexibility index (Phi) is 6.56. The number of piperidine rings is 1. The Hall–Kier alpha value is -2.87. The first-order valence-corrected chi connectivity index (χ1v) is 11.4. The van der Waals surface area contributed by atoms with Crippen LogP contribution >= 0.6 is 11.8 Å². The van der Waals surface area contributed by atoms with Crippen molar-refractivity contribution in [2.45, 2.75) is 36.6 Å². The Bertz CT molecular complexity index is 1030. The molecule has 1 aromatic heterocycles. The van der Waals surface area contributed by atoms with Gasteiger partial charge in [0, 0.05) is 13.1 Å². The van der Waals surface area contributed by atoms with Gasteiger partial charge in [-0.25, -0.2) is 9.07 Å². The lowest BCUT2D eigenvalue weighted by Crippen LogP contribution is -2.42. The predicted octanol–water partition coefficient (Wildman–Crippen LogP) is 3.76. The zero-order valence-electron chi connectivity index (χ0n) is 17.4. The molecule has 8 heteroatoms. The smallest absolute Gasteiger partial charge is 0.235 e. The van der Waals surface area contributed by atoms with Crippen LogP contribution in [0.3, 0.4) is 0 Å². The first-order valence-electron chi connectivity index (χ1n) is 10.5. The molecule has 162 valence electrons. The Labute approximate surface area is 185 Å². The molecular weight excluding hydrogens is 413 g/mol. The lowest BCUT2D eigenvalue weighted by molar-refractivity contribution is -0.131. The van der Waals surface area contributed by atoms with E-state index in [0.29, 0.717) is 11.1 Å². The van der Waals surface area contributed by atoms with Crippen LogP contribution in [0, 0.1) is 11.7 Å². The Morgan fingerprint density at radius 3 is 2.52 bits per heavy atom. The molecule has 6 nitrogen and oxygen atoms in total. The number of amides is 1. The van der Waals surface area contributed by atoms with Crippen LogP contribution in [-0.2, 0) is 11.2 Å². The quantitative estimate of drug-likeness (QED) is 0.467. The van der Waals surface area contributed by atoms with Crippen molar-refractivity contribution in [3.63, 3.8) is 0 Å². The second-order valence-corrected chi connectivity index (χ2v) is 9.18. The summed E-state index contributed by atoms with van der Waals surface area (Å²) in [5.41, 5.74) is 1.63. The van der Waals surface area contributed by atoms with Gasteiger partial charge < -0.3 is 10.7 Å². The molecule has 0 saturated carbocycles. The van der Waals surface area contributed by atoms with E-state index in [1.165, 1.54) is 28.1 Å². The second-order valence-electron chi connectivity index (χ2n) is 7.87. The van der Waals surface area contributed by atoms with E-state index in [9.17, 15) is 9.18 Å². The summed E-state index contributed by atoms with van der Waals surface area (Å²) in [7, 11) is 0. The van der Waals surface area contributed by atoms with Crippen molar-refractivity contribution in [2.24, 2.45) is 5.92 Å². The van der Waals surface area contributed by atoms with Crippen molar-refractivity contribution in [1.29, 1.82) is 0 Å². The van der Waals surface area contributed by atoms with Crippen molar-refractivity contribution in [2.75, 3.05) is 18.9 Å². The highest BCUT2D eigenvalue weighted by Crippen LogP contribution is 2.28. The Morgan fingerprint density at radius 2 is 1.81 bits per heavy atom. The fourth-order valence-electron chi connectivity index (χ4n) is 3.95. The minimum absolute atomic E-state index is 0.0682. The highest BCUT2D eigenvalue weighted by atomic mass is 32.2. The monoisotopic (exact) mass is 439 g/mol. The largest absolute Gasteiger partial charge is 0.342 e. The third-order valence-electron chi connectivity index (χ3n) is 5.70. The van der Waals surface area contributed by atoms with Crippen LogP contribution in [0.1, 0.15) is 25.3 Å². The van der Waals surface area contributed by atoms with Crippen LogP contribution in [0.15, 0.2) is 59.8 Å². The minimum Gasteiger partial charge on any atom is -0.342 e. The van der Waals surface area contributed by atoms with Gasteiger partial charge in [-0.15, -0.1) is 10.2 Å². The molecule has 31 heavy (non-hydrogen) atoms. The van der Waals surface area contributed by atoms with Crippen molar-refractivity contribution in [1.82, 2.24) is 19.8 Å². The highest BCUT2D eigenvalue weighted by molar-refractivity contribution is 8.00. The minimum atomic E-state index is -0.416. The Balaban J connectivity index is 1.34. The number of hydrogen-bond acceptors (Lipinski definition) is 5. The zero-order valence-corrected chi connectivity index (χ0v) is 18.3. The molecule has 1 unspecified atom stereocenters. The van der Waals surface area contributed by atoms with E-state index in [0.717, 1.165) is 32.4 Å². The third-order valence-corrected chi connectivity index (χ3v) is 6.75. The molecule has 2 N–H and O–H groups in total. The number of nitrogens with zero attached hydrogens (tertiary/aromatic N) is 4. The van der Waals surface area contributed by atoms with Gasteiger partial charge >= 0.3 is 0 Å². The maximum atomic E-state index is 14.1. The van der Waals surface area contributed by atoms with E-state index in [1.54, 1.807) is 18.2 Å². The zero-order chi connectivity index (χ0) is 21.8. The van der Waals surface area contributed by atoms with Crippen LogP contribution < -0.4 is 5.84 Å². The van der Waals surface area contributed by atoms with Crippen LogP contribution in [0.2, 0.25) is 0 Å². The molecule has 1 atom stereocenters. The van der Waals surface area contributed by atoms with Crippen molar-refractivity contribution >= 4 is 17.7 Å². The molecular formula is C23H26FN5OS. The van der Waals surface area contributed by atoms with Gasteiger partial charge in [0.1, 0.15) is 5.82 Å². The van der Waals surface area contributed by atoms with Crippen molar-refractivity contribution in [3.8, 4) is 11.4 Å². The molecule has 0 bridgehead atoms. The number of rotatable bonds is 6. The van der Waals surface area contributed by atoms with Crippen LogP contribution in [0.25, 0.3) is 11.4 Å². The molecule has 1 saturated heterocycles. The maximum absolute atomic E-state index is 14.1. The average Bonchev–Trinajstić information content (AvgIpc) is 3.14. The molecule has 0 spiro atoms. The summed E-state index contributed by atoms with van der Waals surface area (Å²) in [5, 5.41) is 8.13. The number of nitrogen functional groups attached to an aromatic ring is 1. The normalized spacial score (nSPS) is 15.7. The van der Waals surface area contributed by atoms with Gasteiger partial charge in [0.05, 0.1) is 10.8 Å². The molecule has 1 aliphatic rings. The van der Waals surface area contributed by atoms with Crippen LogP contribution in [0.4, 0.5) is 4.39 Å².